The zero-order valence-corrected chi connectivity index (χ0v) is 15.0. The second kappa shape index (κ2) is 6.07. The third kappa shape index (κ3) is 3.09. The van der Waals surface area contributed by atoms with Crippen molar-refractivity contribution in [2.45, 2.75) is 26.3 Å². The predicted molar refractivity (Wildman–Crippen MR) is 96.9 cm³/mol. The summed E-state index contributed by atoms with van der Waals surface area (Å²) in [5.41, 5.74) is 1.53. The van der Waals surface area contributed by atoms with Crippen LogP contribution in [0.1, 0.15) is 31.3 Å². The van der Waals surface area contributed by atoms with Gasteiger partial charge in [-0.05, 0) is 45.0 Å². The highest BCUT2D eigenvalue weighted by Crippen LogP contribution is 2.28. The van der Waals surface area contributed by atoms with Crippen LogP contribution in [0.2, 0.25) is 10.2 Å². The summed E-state index contributed by atoms with van der Waals surface area (Å²) in [6, 6.07) is 10.8. The Hall–Kier alpha value is -2.11. The Morgan fingerprint density at radius 2 is 1.79 bits per heavy atom. The first kappa shape index (κ1) is 16.7. The van der Waals surface area contributed by atoms with Crippen LogP contribution in [0.3, 0.4) is 0 Å². The molecule has 0 aliphatic rings. The third-order valence-electron chi connectivity index (χ3n) is 3.48. The number of halogens is 2. The number of benzene rings is 1. The number of anilines is 1. The molecule has 0 radical (unpaired) electrons. The molecule has 2 heterocycles. The maximum absolute atomic E-state index is 12.6. The van der Waals surface area contributed by atoms with E-state index in [0.717, 1.165) is 11.0 Å². The van der Waals surface area contributed by atoms with Gasteiger partial charge in [-0.25, -0.2) is 9.97 Å². The number of fused-ring (bicyclic) bond motifs is 1. The molecule has 3 aromatic rings. The molecule has 0 bridgehead atoms. The molecule has 124 valence electrons. The van der Waals surface area contributed by atoms with Crippen LogP contribution in [-0.4, -0.2) is 20.4 Å². The molecule has 0 atom stereocenters. The number of hydrogen-bond donors (Lipinski definition) is 1. The molecule has 0 fully saturated rings. The van der Waals surface area contributed by atoms with Crippen LogP contribution in [0, 0.1) is 0 Å². The monoisotopic (exact) mass is 362 g/mol. The zero-order chi connectivity index (χ0) is 17.5. The number of carbonyl (C=O) groups is 1. The Kier molecular flexibility index (Phi) is 4.24. The summed E-state index contributed by atoms with van der Waals surface area (Å²) in [4.78, 5) is 21.1. The Labute approximate surface area is 149 Å². The average molecular weight is 363 g/mol. The molecule has 0 aliphatic carbocycles. The van der Waals surface area contributed by atoms with Crippen LogP contribution in [-0.2, 0) is 5.54 Å². The van der Waals surface area contributed by atoms with E-state index in [1.807, 2.05) is 49.6 Å². The van der Waals surface area contributed by atoms with Crippen molar-refractivity contribution in [3.8, 4) is 0 Å². The van der Waals surface area contributed by atoms with E-state index in [-0.39, 0.29) is 21.4 Å². The number of pyridine rings is 1. The summed E-state index contributed by atoms with van der Waals surface area (Å²) in [6.45, 7) is 6.13. The quantitative estimate of drug-likeness (QED) is 0.669. The van der Waals surface area contributed by atoms with Gasteiger partial charge in [0, 0.05) is 5.54 Å². The Morgan fingerprint density at radius 3 is 2.50 bits per heavy atom. The fourth-order valence-electron chi connectivity index (χ4n) is 2.53. The van der Waals surface area contributed by atoms with Crippen LogP contribution in [0.5, 0.6) is 0 Å². The van der Waals surface area contributed by atoms with Crippen molar-refractivity contribution in [3.63, 3.8) is 0 Å². The van der Waals surface area contributed by atoms with Crippen molar-refractivity contribution in [2.75, 3.05) is 5.32 Å². The first-order valence-corrected chi connectivity index (χ1v) is 8.14. The average Bonchev–Trinajstić information content (AvgIpc) is 2.87. The second-order valence-electron chi connectivity index (χ2n) is 6.35. The van der Waals surface area contributed by atoms with E-state index in [9.17, 15) is 4.79 Å². The lowest BCUT2D eigenvalue weighted by molar-refractivity contribution is 0.102. The molecule has 0 unspecified atom stereocenters. The number of para-hydroxylation sites is 2. The van der Waals surface area contributed by atoms with Crippen LogP contribution in [0.25, 0.3) is 11.0 Å². The molecule has 1 aromatic carbocycles. The van der Waals surface area contributed by atoms with Crippen molar-refractivity contribution in [3.05, 3.63) is 52.3 Å². The van der Waals surface area contributed by atoms with E-state index in [4.69, 9.17) is 23.2 Å². The Balaban J connectivity index is 2.07. The lowest BCUT2D eigenvalue weighted by atomic mass is 10.1. The highest BCUT2D eigenvalue weighted by atomic mass is 35.5. The van der Waals surface area contributed by atoms with Crippen LogP contribution >= 0.6 is 23.2 Å². The smallest absolute Gasteiger partial charge is 0.278 e. The van der Waals surface area contributed by atoms with Gasteiger partial charge in [-0.3, -0.25) is 10.1 Å². The molecule has 0 spiro atoms. The fraction of sp³-hybridized carbons (Fsp3) is 0.235. The molecule has 0 aliphatic heterocycles. The van der Waals surface area contributed by atoms with Gasteiger partial charge in [0.05, 0.1) is 16.1 Å². The van der Waals surface area contributed by atoms with Gasteiger partial charge in [0.2, 0.25) is 5.95 Å². The SMILES string of the molecule is CC(C)(C)n1c(NC(=O)c2nc(Cl)ccc2Cl)nc2ccccc21. The van der Waals surface area contributed by atoms with E-state index >= 15 is 0 Å². The van der Waals surface area contributed by atoms with Gasteiger partial charge in [0.25, 0.3) is 5.91 Å². The Morgan fingerprint density at radius 1 is 1.08 bits per heavy atom. The van der Waals surface area contributed by atoms with E-state index in [1.54, 1.807) is 6.07 Å². The summed E-state index contributed by atoms with van der Waals surface area (Å²) >= 11 is 11.9. The maximum Gasteiger partial charge on any atom is 0.278 e. The predicted octanol–water partition coefficient (Wildman–Crippen LogP) is 4.75. The molecule has 1 amide bonds. The maximum atomic E-state index is 12.6. The minimum absolute atomic E-state index is 0.0664. The van der Waals surface area contributed by atoms with Crippen LogP contribution in [0.4, 0.5) is 5.95 Å². The summed E-state index contributed by atoms with van der Waals surface area (Å²) < 4.78 is 1.97. The van der Waals surface area contributed by atoms with Gasteiger partial charge in [0.1, 0.15) is 10.8 Å². The van der Waals surface area contributed by atoms with Gasteiger partial charge < -0.3 is 4.57 Å². The molecular formula is C17H16Cl2N4O. The van der Waals surface area contributed by atoms with E-state index in [2.05, 4.69) is 15.3 Å². The van der Waals surface area contributed by atoms with Crippen molar-refractivity contribution in [1.82, 2.24) is 14.5 Å². The zero-order valence-electron chi connectivity index (χ0n) is 13.5. The van der Waals surface area contributed by atoms with Crippen molar-refractivity contribution >= 4 is 46.1 Å². The van der Waals surface area contributed by atoms with Gasteiger partial charge >= 0.3 is 0 Å². The largest absolute Gasteiger partial charge is 0.305 e. The number of amides is 1. The molecule has 7 heteroatoms. The first-order valence-electron chi connectivity index (χ1n) is 7.39. The minimum atomic E-state index is -0.455. The molecular weight excluding hydrogens is 347 g/mol. The standard InChI is InChI=1S/C17H16Cl2N4O/c1-17(2,3)23-12-7-5-4-6-11(12)20-16(23)22-15(24)14-10(18)8-9-13(19)21-14/h4-9H,1-3H3,(H,20,22,24). The van der Waals surface area contributed by atoms with E-state index < -0.39 is 5.91 Å². The number of carbonyl (C=O) groups excluding carboxylic acids is 1. The molecule has 2 aromatic heterocycles. The van der Waals surface area contributed by atoms with Crippen molar-refractivity contribution < 1.29 is 4.79 Å². The molecule has 5 nitrogen and oxygen atoms in total. The van der Waals surface area contributed by atoms with Gasteiger partial charge in [-0.15, -0.1) is 0 Å². The van der Waals surface area contributed by atoms with Crippen LogP contribution < -0.4 is 5.32 Å². The number of hydrogen-bond acceptors (Lipinski definition) is 3. The van der Waals surface area contributed by atoms with Crippen LogP contribution in [0.15, 0.2) is 36.4 Å². The topological polar surface area (TPSA) is 59.8 Å². The minimum Gasteiger partial charge on any atom is -0.305 e. The fourth-order valence-corrected chi connectivity index (χ4v) is 2.87. The summed E-state index contributed by atoms with van der Waals surface area (Å²) in [5, 5.41) is 3.23. The lowest BCUT2D eigenvalue weighted by Crippen LogP contribution is -2.26. The number of imidazole rings is 1. The van der Waals surface area contributed by atoms with E-state index in [1.165, 1.54) is 6.07 Å². The molecule has 24 heavy (non-hydrogen) atoms. The summed E-state index contributed by atoms with van der Waals surface area (Å²) in [5.74, 6) is -0.0187. The van der Waals surface area contributed by atoms with Gasteiger partial charge in [-0.2, -0.15) is 0 Å². The molecule has 3 rings (SSSR count). The number of rotatable bonds is 2. The highest BCUT2D eigenvalue weighted by Gasteiger charge is 2.24. The first-order chi connectivity index (χ1) is 11.3. The Bertz CT molecular complexity index is 928. The summed E-state index contributed by atoms with van der Waals surface area (Å²) in [7, 11) is 0. The number of nitrogens with one attached hydrogen (secondary N) is 1. The van der Waals surface area contributed by atoms with Gasteiger partial charge in [0.15, 0.2) is 0 Å². The van der Waals surface area contributed by atoms with Gasteiger partial charge in [-0.1, -0.05) is 35.3 Å². The van der Waals surface area contributed by atoms with E-state index in [0.29, 0.717) is 5.95 Å². The van der Waals surface area contributed by atoms with Crippen molar-refractivity contribution in [2.24, 2.45) is 0 Å². The second-order valence-corrected chi connectivity index (χ2v) is 7.14. The molecule has 1 N–H and O–H groups in total. The molecule has 0 saturated carbocycles. The van der Waals surface area contributed by atoms with Crippen molar-refractivity contribution in [1.29, 1.82) is 0 Å². The number of nitrogens with zero attached hydrogens (tertiary/aromatic N) is 3. The molecule has 0 saturated heterocycles. The normalized spacial score (nSPS) is 11.7. The highest BCUT2D eigenvalue weighted by molar-refractivity contribution is 6.35. The third-order valence-corrected chi connectivity index (χ3v) is 4.00. The summed E-state index contributed by atoms with van der Waals surface area (Å²) in [6.07, 6.45) is 0. The number of aromatic nitrogens is 3. The lowest BCUT2D eigenvalue weighted by Gasteiger charge is -2.24.